The van der Waals surface area contributed by atoms with E-state index in [1.165, 1.54) is 27.1 Å². The van der Waals surface area contributed by atoms with Crippen LogP contribution in [-0.4, -0.2) is 0 Å². The topological polar surface area (TPSA) is 0 Å². The molecule has 0 aliphatic heterocycles. The van der Waals surface area contributed by atoms with Crippen LogP contribution in [0.5, 0.6) is 0 Å². The van der Waals surface area contributed by atoms with Gasteiger partial charge in [-0.1, -0.05) is 67.1 Å². The van der Waals surface area contributed by atoms with Gasteiger partial charge in [-0.15, -0.1) is 0 Å². The molecule has 0 radical (unpaired) electrons. The van der Waals surface area contributed by atoms with E-state index in [0.29, 0.717) is 0 Å². The first-order chi connectivity index (χ1) is 8.76. The van der Waals surface area contributed by atoms with E-state index in [-0.39, 0.29) is 0 Å². The van der Waals surface area contributed by atoms with E-state index in [2.05, 4.69) is 75.4 Å². The van der Waals surface area contributed by atoms with Crippen molar-refractivity contribution in [3.8, 4) is 11.1 Å². The summed E-state index contributed by atoms with van der Waals surface area (Å²) in [5, 5.41) is 2.67. The number of benzene rings is 2. The van der Waals surface area contributed by atoms with Crippen molar-refractivity contribution >= 4 is 12.2 Å². The van der Waals surface area contributed by atoms with E-state index in [9.17, 15) is 0 Å². The molecule has 0 aliphatic rings. The number of hydrogen-bond acceptors (Lipinski definition) is 0. The summed E-state index contributed by atoms with van der Waals surface area (Å²) in [4.78, 5) is 0. The summed E-state index contributed by atoms with van der Waals surface area (Å²) in [6, 6.07) is 15.3. The molecule has 0 heteroatoms. The van der Waals surface area contributed by atoms with Gasteiger partial charge in [-0.05, 0) is 41.8 Å². The van der Waals surface area contributed by atoms with E-state index in [0.717, 1.165) is 6.42 Å². The summed E-state index contributed by atoms with van der Waals surface area (Å²) in [7, 11) is 0. The number of aryl methyl sites for hydroxylation is 1. The van der Waals surface area contributed by atoms with Crippen molar-refractivity contribution in [2.75, 3.05) is 0 Å². The fraction of sp³-hybridized carbons (Fsp3) is 0.222. The first kappa shape index (κ1) is 12.6. The van der Waals surface area contributed by atoms with Crippen LogP contribution in [-0.2, 0) is 0 Å². The molecule has 0 amide bonds. The molecule has 0 unspecified atom stereocenters. The smallest absolute Gasteiger partial charge is 0.0109 e. The van der Waals surface area contributed by atoms with Crippen molar-refractivity contribution in [2.45, 2.75) is 27.2 Å². The van der Waals surface area contributed by atoms with Crippen LogP contribution in [0.4, 0.5) is 0 Å². The Morgan fingerprint density at radius 1 is 1.00 bits per heavy atom. The molecular weight excluding hydrogens is 216 g/mol. The van der Waals surface area contributed by atoms with Crippen LogP contribution in [0.3, 0.4) is 0 Å². The average molecular weight is 236 g/mol. The molecule has 0 heterocycles. The minimum absolute atomic E-state index is 1.07. The molecule has 0 nitrogen and oxygen atoms in total. The second kappa shape index (κ2) is 5.68. The predicted octanol–water partition coefficient (Wildman–Crippen LogP) is 3.65. The SMILES string of the molecule is C/C=c1/c(-c2ccc(C)cc2)ccc/c1=C/CC. The van der Waals surface area contributed by atoms with Gasteiger partial charge < -0.3 is 0 Å². The average Bonchev–Trinajstić information content (AvgIpc) is 2.40. The second-order valence-electron chi connectivity index (χ2n) is 4.58. The predicted molar refractivity (Wildman–Crippen MR) is 80.8 cm³/mol. The molecule has 0 aromatic heterocycles. The Hall–Kier alpha value is -1.82. The highest BCUT2D eigenvalue weighted by Gasteiger charge is 1.99. The van der Waals surface area contributed by atoms with Gasteiger partial charge in [0.25, 0.3) is 0 Å². The quantitative estimate of drug-likeness (QED) is 0.746. The van der Waals surface area contributed by atoms with E-state index >= 15 is 0 Å². The summed E-state index contributed by atoms with van der Waals surface area (Å²) < 4.78 is 0. The summed E-state index contributed by atoms with van der Waals surface area (Å²) in [5.41, 5.74) is 3.91. The maximum Gasteiger partial charge on any atom is -0.0109 e. The zero-order chi connectivity index (χ0) is 13.0. The Morgan fingerprint density at radius 3 is 2.33 bits per heavy atom. The van der Waals surface area contributed by atoms with Gasteiger partial charge in [0.05, 0.1) is 0 Å². The molecular formula is C18H20. The standard InChI is InChI=1S/C18H20/c1-4-7-15-8-6-9-18(17(15)5-2)16-12-10-14(3)11-13-16/h5-13H,4H2,1-3H3/b15-7-,17-5+. The van der Waals surface area contributed by atoms with Gasteiger partial charge in [-0.2, -0.15) is 0 Å². The van der Waals surface area contributed by atoms with Gasteiger partial charge in [0.2, 0.25) is 0 Å². The largest absolute Gasteiger partial charge is 0.0792 e. The fourth-order valence-corrected chi connectivity index (χ4v) is 2.29. The highest BCUT2D eigenvalue weighted by atomic mass is 14.0. The Morgan fingerprint density at radius 2 is 1.72 bits per heavy atom. The third-order valence-electron chi connectivity index (χ3n) is 3.22. The van der Waals surface area contributed by atoms with Gasteiger partial charge in [-0.25, -0.2) is 0 Å². The Balaban J connectivity index is 2.69. The van der Waals surface area contributed by atoms with Gasteiger partial charge in [0, 0.05) is 0 Å². The molecule has 0 fully saturated rings. The molecule has 0 aliphatic carbocycles. The van der Waals surface area contributed by atoms with E-state index in [1.807, 2.05) is 0 Å². The summed E-state index contributed by atoms with van der Waals surface area (Å²) in [5.74, 6) is 0. The molecule has 92 valence electrons. The highest BCUT2D eigenvalue weighted by molar-refractivity contribution is 5.66. The Kier molecular flexibility index (Phi) is 3.99. The van der Waals surface area contributed by atoms with E-state index in [1.54, 1.807) is 0 Å². The summed E-state index contributed by atoms with van der Waals surface area (Å²) >= 11 is 0. The molecule has 2 rings (SSSR count). The lowest BCUT2D eigenvalue weighted by molar-refractivity contribution is 1.28. The lowest BCUT2D eigenvalue weighted by Gasteiger charge is -2.04. The zero-order valence-electron chi connectivity index (χ0n) is 11.4. The molecule has 0 spiro atoms. The normalized spacial score (nSPS) is 13.1. The third kappa shape index (κ3) is 2.53. The minimum Gasteiger partial charge on any atom is -0.0792 e. The van der Waals surface area contributed by atoms with Crippen LogP contribution in [0, 0.1) is 6.92 Å². The van der Waals surface area contributed by atoms with Crippen LogP contribution in [0.15, 0.2) is 42.5 Å². The van der Waals surface area contributed by atoms with Crippen molar-refractivity contribution in [1.29, 1.82) is 0 Å². The first-order valence-electron chi connectivity index (χ1n) is 6.59. The zero-order valence-corrected chi connectivity index (χ0v) is 11.4. The van der Waals surface area contributed by atoms with Crippen molar-refractivity contribution in [3.63, 3.8) is 0 Å². The van der Waals surface area contributed by atoms with Crippen molar-refractivity contribution in [2.24, 2.45) is 0 Å². The summed E-state index contributed by atoms with van der Waals surface area (Å²) in [6.45, 7) is 6.41. The maximum absolute atomic E-state index is 2.28. The van der Waals surface area contributed by atoms with Crippen molar-refractivity contribution in [1.82, 2.24) is 0 Å². The molecule has 0 saturated heterocycles. The Labute approximate surface area is 109 Å². The number of rotatable bonds is 2. The number of hydrogen-bond donors (Lipinski definition) is 0. The first-order valence-corrected chi connectivity index (χ1v) is 6.59. The Bertz CT molecular complexity index is 631. The second-order valence-corrected chi connectivity index (χ2v) is 4.58. The molecule has 0 atom stereocenters. The van der Waals surface area contributed by atoms with Crippen LogP contribution < -0.4 is 10.4 Å². The lowest BCUT2D eigenvalue weighted by Crippen LogP contribution is -2.26. The van der Waals surface area contributed by atoms with Gasteiger partial charge in [0.15, 0.2) is 0 Å². The molecule has 0 bridgehead atoms. The van der Waals surface area contributed by atoms with Gasteiger partial charge in [0.1, 0.15) is 0 Å². The van der Waals surface area contributed by atoms with E-state index in [4.69, 9.17) is 0 Å². The lowest BCUT2D eigenvalue weighted by atomic mass is 10.0. The van der Waals surface area contributed by atoms with Crippen LogP contribution in [0.25, 0.3) is 23.3 Å². The highest BCUT2D eigenvalue weighted by Crippen LogP contribution is 2.15. The van der Waals surface area contributed by atoms with Crippen molar-refractivity contribution in [3.05, 3.63) is 58.5 Å². The maximum atomic E-state index is 2.28. The molecule has 0 N–H and O–H groups in total. The van der Waals surface area contributed by atoms with Crippen LogP contribution in [0.2, 0.25) is 0 Å². The molecule has 2 aromatic carbocycles. The molecule has 18 heavy (non-hydrogen) atoms. The van der Waals surface area contributed by atoms with Gasteiger partial charge in [-0.3, -0.25) is 0 Å². The van der Waals surface area contributed by atoms with Gasteiger partial charge >= 0.3 is 0 Å². The van der Waals surface area contributed by atoms with Crippen LogP contribution >= 0.6 is 0 Å². The molecule has 2 aromatic rings. The monoisotopic (exact) mass is 236 g/mol. The fourth-order valence-electron chi connectivity index (χ4n) is 2.29. The third-order valence-corrected chi connectivity index (χ3v) is 3.22. The molecule has 0 saturated carbocycles. The van der Waals surface area contributed by atoms with E-state index < -0.39 is 0 Å². The minimum atomic E-state index is 1.07. The van der Waals surface area contributed by atoms with Crippen molar-refractivity contribution < 1.29 is 0 Å². The van der Waals surface area contributed by atoms with Crippen LogP contribution in [0.1, 0.15) is 25.8 Å². The summed E-state index contributed by atoms with van der Waals surface area (Å²) in [6.07, 6.45) is 5.56.